The van der Waals surface area contributed by atoms with E-state index in [9.17, 15) is 69.3 Å². The van der Waals surface area contributed by atoms with E-state index in [0.29, 0.717) is 28.1 Å². The van der Waals surface area contributed by atoms with Crippen molar-refractivity contribution in [3.05, 3.63) is 77.9 Å². The molecule has 9 rings (SSSR count). The van der Waals surface area contributed by atoms with Gasteiger partial charge in [-0.05, 0) is 113 Å². The van der Waals surface area contributed by atoms with Crippen LogP contribution >= 0.6 is 11.3 Å². The van der Waals surface area contributed by atoms with Crippen LogP contribution in [-0.2, 0) is 39.9 Å². The number of phenolic OH excluding ortho intramolecular Hbond substituents is 1. The summed E-state index contributed by atoms with van der Waals surface area (Å²) >= 11 is 1.35. The standard InChI is InChI=1S/C64H88N12O16S/c1-34-32-76-54(55(34)83)60(88)67-31-41(78)29-45(68-56(84)37-10-12-38(13-11-37)61-72-73-62(93-61)39-14-16-40(17-15-39)74-24-20-44(21-25-74)92-43-7-4-3-5-8-43)57(85)69-51(35(2)77)63(89)75-33-42(79)30-46(75)58(86)70-52(59(87)71-53(64(76)90)48(81)19-23-66)49(82)27-36-9-18-47(80)50(28-36)91-26-6-22-65/h9-18,28,34-35,41-46,48-49,51-55,77-83H,3-8,19-27,29-33,65-66H2,1-2H3,(H,67,88)(H,68,84)(H,69,85)(H,70,86)(H,71,87)/t34-,35+,41+,42+,45?,46-,48+,49+,51-,52-,53-,54-,55-/m0/s1. The van der Waals surface area contributed by atoms with Gasteiger partial charge in [0, 0.05) is 80.3 Å². The number of aromatic hydroxyl groups is 1. The number of nitrogens with two attached hydrogens (primary N) is 2. The zero-order valence-electron chi connectivity index (χ0n) is 52.3. The van der Waals surface area contributed by atoms with Crippen LogP contribution < -0.4 is 47.7 Å². The van der Waals surface area contributed by atoms with Crippen LogP contribution in [0.4, 0.5) is 5.69 Å². The van der Waals surface area contributed by atoms with Gasteiger partial charge < -0.3 is 98.0 Å². The quantitative estimate of drug-likeness (QED) is 0.0527. The third kappa shape index (κ3) is 17.5. The fourth-order valence-electron chi connectivity index (χ4n) is 12.7. The van der Waals surface area contributed by atoms with Crippen LogP contribution in [0.3, 0.4) is 0 Å². The number of anilines is 1. The lowest BCUT2D eigenvalue weighted by Gasteiger charge is -2.36. The number of amides is 7. The van der Waals surface area contributed by atoms with E-state index >= 15 is 0 Å². The zero-order valence-corrected chi connectivity index (χ0v) is 53.1. The molecule has 0 bridgehead atoms. The molecule has 5 aliphatic rings. The first-order valence-electron chi connectivity index (χ1n) is 32.1. The highest BCUT2D eigenvalue weighted by atomic mass is 32.1. The Morgan fingerprint density at radius 3 is 2.01 bits per heavy atom. The number of hydrogen-bond donors (Lipinski definition) is 14. The first-order chi connectivity index (χ1) is 44.6. The molecule has 29 heteroatoms. The summed E-state index contributed by atoms with van der Waals surface area (Å²) < 4.78 is 12.1. The Morgan fingerprint density at radius 1 is 0.720 bits per heavy atom. The van der Waals surface area contributed by atoms with Crippen molar-refractivity contribution in [3.63, 3.8) is 0 Å². The molecule has 4 aromatic rings. The molecule has 5 fully saturated rings. The lowest BCUT2D eigenvalue weighted by molar-refractivity contribution is -0.147. The molecule has 3 aromatic carbocycles. The fourth-order valence-corrected chi connectivity index (χ4v) is 13.5. The summed E-state index contributed by atoms with van der Waals surface area (Å²) in [6.07, 6.45) is -2.68. The van der Waals surface area contributed by atoms with Crippen LogP contribution in [0.2, 0.25) is 0 Å². The highest BCUT2D eigenvalue weighted by Gasteiger charge is 2.50. The lowest BCUT2D eigenvalue weighted by atomic mass is 9.97. The predicted molar refractivity (Wildman–Crippen MR) is 340 cm³/mol. The number of aliphatic hydroxyl groups is 6. The number of piperidine rings is 1. The van der Waals surface area contributed by atoms with Crippen LogP contribution in [0.15, 0.2) is 66.7 Å². The van der Waals surface area contributed by atoms with Gasteiger partial charge >= 0.3 is 0 Å². The molecule has 0 spiro atoms. The van der Waals surface area contributed by atoms with E-state index in [4.69, 9.17) is 20.9 Å². The minimum absolute atomic E-state index is 0.00564. The molecule has 93 heavy (non-hydrogen) atoms. The molecule has 506 valence electrons. The van der Waals surface area contributed by atoms with Crippen LogP contribution in [0.25, 0.3) is 21.1 Å². The maximum absolute atomic E-state index is 14.7. The molecule has 5 heterocycles. The molecule has 7 amide bonds. The number of aliphatic hydroxyl groups excluding tert-OH is 6. The van der Waals surface area contributed by atoms with E-state index in [-0.39, 0.29) is 61.4 Å². The third-order valence-electron chi connectivity index (χ3n) is 18.0. The van der Waals surface area contributed by atoms with Crippen molar-refractivity contribution in [3.8, 4) is 32.6 Å². The van der Waals surface area contributed by atoms with Crippen LogP contribution in [-0.4, -0.2) is 235 Å². The molecule has 1 aliphatic carbocycles. The van der Waals surface area contributed by atoms with E-state index in [1.807, 2.05) is 12.1 Å². The van der Waals surface area contributed by atoms with Gasteiger partial charge in [0.25, 0.3) is 5.91 Å². The van der Waals surface area contributed by atoms with Gasteiger partial charge in [-0.2, -0.15) is 0 Å². The summed E-state index contributed by atoms with van der Waals surface area (Å²) in [6.45, 7) is 3.23. The summed E-state index contributed by atoms with van der Waals surface area (Å²) in [6, 6.07) is 7.54. The molecule has 0 radical (unpaired) electrons. The second-order valence-electron chi connectivity index (χ2n) is 25.0. The first kappa shape index (κ1) is 69.9. The van der Waals surface area contributed by atoms with E-state index in [2.05, 4.69) is 53.8 Å². The largest absolute Gasteiger partial charge is 0.504 e. The fraction of sp³-hybridized carbons (Fsp3) is 0.578. The lowest BCUT2D eigenvalue weighted by Crippen LogP contribution is -2.64. The summed E-state index contributed by atoms with van der Waals surface area (Å²) in [5.74, 6) is -8.55. The van der Waals surface area contributed by atoms with E-state index < -0.39 is 152 Å². The molecular weight excluding hydrogens is 1220 g/mol. The minimum Gasteiger partial charge on any atom is -0.504 e. The third-order valence-corrected chi connectivity index (χ3v) is 19.0. The molecular formula is C64H88N12O16S. The van der Waals surface area contributed by atoms with Crippen LogP contribution in [0.1, 0.15) is 100 Å². The van der Waals surface area contributed by atoms with Gasteiger partial charge in [-0.1, -0.05) is 55.7 Å². The van der Waals surface area contributed by atoms with Gasteiger partial charge in [-0.3, -0.25) is 33.6 Å². The van der Waals surface area contributed by atoms with Gasteiger partial charge in [0.05, 0.1) is 55.4 Å². The molecule has 1 saturated carbocycles. The van der Waals surface area contributed by atoms with Crippen molar-refractivity contribution in [2.75, 3.05) is 57.3 Å². The Balaban J connectivity index is 0.946. The Hall–Kier alpha value is -7.45. The number of aromatic nitrogens is 2. The van der Waals surface area contributed by atoms with Crippen molar-refractivity contribution >= 4 is 58.4 Å². The summed E-state index contributed by atoms with van der Waals surface area (Å²) in [5, 5.41) is 102. The van der Waals surface area contributed by atoms with E-state index in [1.165, 1.54) is 60.9 Å². The molecule has 28 nitrogen and oxygen atoms in total. The van der Waals surface area contributed by atoms with Crippen molar-refractivity contribution in [2.24, 2.45) is 17.4 Å². The summed E-state index contributed by atoms with van der Waals surface area (Å²) in [4.78, 5) is 106. The highest BCUT2D eigenvalue weighted by molar-refractivity contribution is 7.17. The van der Waals surface area contributed by atoms with Crippen molar-refractivity contribution in [2.45, 2.75) is 176 Å². The molecule has 13 atom stereocenters. The van der Waals surface area contributed by atoms with Gasteiger partial charge in [0.2, 0.25) is 35.4 Å². The normalized spacial score (nSPS) is 27.0. The molecule has 1 unspecified atom stereocenters. The number of benzene rings is 3. The van der Waals surface area contributed by atoms with Crippen molar-refractivity contribution in [1.29, 1.82) is 0 Å². The monoisotopic (exact) mass is 1310 g/mol. The average Bonchev–Trinajstić information content (AvgIpc) is 1.70. The van der Waals surface area contributed by atoms with Crippen LogP contribution in [0.5, 0.6) is 11.5 Å². The number of β-amino-alcohol motifs (C(OH)–C–C–N with tert-alkyl or cyclic N) is 1. The number of fused-ring (bicyclic) bond motifs is 2. The minimum atomic E-state index is -2.04. The smallest absolute Gasteiger partial charge is 0.251 e. The predicted octanol–water partition coefficient (Wildman–Crippen LogP) is -1.08. The highest BCUT2D eigenvalue weighted by Crippen LogP contribution is 2.34. The molecule has 4 aliphatic heterocycles. The second-order valence-corrected chi connectivity index (χ2v) is 26.0. The maximum atomic E-state index is 14.7. The van der Waals surface area contributed by atoms with Gasteiger partial charge in [0.1, 0.15) is 46.3 Å². The number of nitrogens with zero attached hydrogens (tertiary/aromatic N) is 5. The molecule has 16 N–H and O–H groups in total. The molecule has 4 saturated heterocycles. The Kier molecular flexibility index (Phi) is 24.1. The Morgan fingerprint density at radius 2 is 1.35 bits per heavy atom. The topological polar surface area (TPSA) is 427 Å². The van der Waals surface area contributed by atoms with Gasteiger partial charge in [-0.15, -0.1) is 10.2 Å². The average molecular weight is 1310 g/mol. The summed E-state index contributed by atoms with van der Waals surface area (Å²) in [7, 11) is 0. The number of carbonyl (C=O) groups excluding carboxylic acids is 7. The zero-order chi connectivity index (χ0) is 66.6. The summed E-state index contributed by atoms with van der Waals surface area (Å²) in [5.41, 5.74) is 14.4. The van der Waals surface area contributed by atoms with Gasteiger partial charge in [-0.25, -0.2) is 0 Å². The number of rotatable bonds is 18. The number of ether oxygens (including phenoxy) is 2. The first-order valence-corrected chi connectivity index (χ1v) is 32.9. The van der Waals surface area contributed by atoms with E-state index in [0.717, 1.165) is 66.7 Å². The molecule has 1 aromatic heterocycles. The van der Waals surface area contributed by atoms with E-state index in [1.54, 1.807) is 19.1 Å². The van der Waals surface area contributed by atoms with Gasteiger partial charge in [0.15, 0.2) is 11.5 Å². The Bertz CT molecular complexity index is 3220. The second kappa shape index (κ2) is 32.1. The number of phenols is 1. The number of nitrogens with one attached hydrogen (secondary N) is 5. The number of hydrogen-bond acceptors (Lipinski definition) is 22. The maximum Gasteiger partial charge on any atom is 0.251 e. The van der Waals surface area contributed by atoms with Crippen molar-refractivity contribution in [1.82, 2.24) is 46.6 Å². The van der Waals surface area contributed by atoms with Crippen LogP contribution in [0, 0.1) is 5.92 Å². The van der Waals surface area contributed by atoms with Crippen molar-refractivity contribution < 1.29 is 78.8 Å². The number of carbonyl (C=O) groups is 7. The Labute approximate surface area is 542 Å². The SMILES string of the molecule is C[C@@H](O)[C@@H]1NC(=O)C(NC(=O)c2ccc(-c3nnc(-c4ccc(N5CCC(OC6CCCCC6)CC5)cc4)s3)cc2)C[C@@H](O)CNC(=O)[C@@H]2[C@@H](O)[C@@H](C)CN2C(=O)[C@H]([C@H](O)CCN)NC(=O)[C@H]([C@H](O)Cc2ccc(O)c(OCCCN)c2)NC(=O)[C@@H]2C[C@@H](O)CN2C1=O.